The summed E-state index contributed by atoms with van der Waals surface area (Å²) >= 11 is 3.24. The average Bonchev–Trinajstić information content (AvgIpc) is 2.92. The SMILES string of the molecule is CSC(=CC(=O)C1CC1c1ccco1)SC. The van der Waals surface area contributed by atoms with Gasteiger partial charge in [0.15, 0.2) is 5.78 Å². The van der Waals surface area contributed by atoms with Crippen LogP contribution in [0.15, 0.2) is 33.1 Å². The molecule has 1 aliphatic rings. The van der Waals surface area contributed by atoms with Gasteiger partial charge in [0.2, 0.25) is 0 Å². The Morgan fingerprint density at radius 3 is 2.81 bits per heavy atom. The molecule has 0 spiro atoms. The number of furan rings is 1. The summed E-state index contributed by atoms with van der Waals surface area (Å²) in [7, 11) is 0. The zero-order valence-electron chi connectivity index (χ0n) is 9.30. The second kappa shape index (κ2) is 5.15. The van der Waals surface area contributed by atoms with Crippen LogP contribution < -0.4 is 0 Å². The second-order valence-corrected chi connectivity index (χ2v) is 5.69. The lowest BCUT2D eigenvalue weighted by Crippen LogP contribution is -1.97. The lowest BCUT2D eigenvalue weighted by Gasteiger charge is -1.98. The zero-order chi connectivity index (χ0) is 11.5. The van der Waals surface area contributed by atoms with Gasteiger partial charge in [0.05, 0.1) is 6.26 Å². The van der Waals surface area contributed by atoms with Crippen molar-refractivity contribution in [1.82, 2.24) is 0 Å². The molecule has 2 atom stereocenters. The number of hydrogen-bond acceptors (Lipinski definition) is 4. The van der Waals surface area contributed by atoms with Crippen molar-refractivity contribution in [3.8, 4) is 0 Å². The molecule has 2 unspecified atom stereocenters. The third kappa shape index (κ3) is 2.55. The molecule has 0 bridgehead atoms. The highest BCUT2D eigenvalue weighted by molar-refractivity contribution is 8.21. The van der Waals surface area contributed by atoms with Gasteiger partial charge < -0.3 is 4.42 Å². The van der Waals surface area contributed by atoms with Gasteiger partial charge >= 0.3 is 0 Å². The standard InChI is InChI=1S/C12H14O2S2/c1-15-12(16-2)7-10(13)8-6-9(8)11-4-3-5-14-11/h3-5,7-9H,6H2,1-2H3. The predicted octanol–water partition coefficient (Wildman–Crippen LogP) is 3.52. The minimum atomic E-state index is 0.139. The number of rotatable bonds is 5. The summed E-state index contributed by atoms with van der Waals surface area (Å²) in [6.45, 7) is 0. The number of hydrogen-bond donors (Lipinski definition) is 0. The molecule has 16 heavy (non-hydrogen) atoms. The van der Waals surface area contributed by atoms with Crippen LogP contribution in [0.25, 0.3) is 0 Å². The predicted molar refractivity (Wildman–Crippen MR) is 69.7 cm³/mol. The molecule has 0 aromatic carbocycles. The Kier molecular flexibility index (Phi) is 3.82. The summed E-state index contributed by atoms with van der Waals surface area (Å²) in [6, 6.07) is 3.83. The highest BCUT2D eigenvalue weighted by atomic mass is 32.2. The van der Waals surface area contributed by atoms with Gasteiger partial charge in [-0.3, -0.25) is 4.79 Å². The molecular weight excluding hydrogens is 240 g/mol. The largest absolute Gasteiger partial charge is 0.469 e. The molecule has 1 heterocycles. The smallest absolute Gasteiger partial charge is 0.161 e. The van der Waals surface area contributed by atoms with Gasteiger partial charge in [-0.05, 0) is 31.1 Å². The first-order chi connectivity index (χ1) is 7.76. The first kappa shape index (κ1) is 11.9. The molecule has 0 amide bonds. The maximum Gasteiger partial charge on any atom is 0.161 e. The normalized spacial score (nSPS) is 22.9. The van der Waals surface area contributed by atoms with Crippen LogP contribution in [-0.2, 0) is 4.79 Å². The average molecular weight is 254 g/mol. The number of carbonyl (C=O) groups excluding carboxylic acids is 1. The van der Waals surface area contributed by atoms with Crippen LogP contribution >= 0.6 is 23.5 Å². The first-order valence-corrected chi connectivity index (χ1v) is 7.58. The summed E-state index contributed by atoms with van der Waals surface area (Å²) < 4.78 is 6.39. The zero-order valence-corrected chi connectivity index (χ0v) is 10.9. The van der Waals surface area contributed by atoms with Crippen molar-refractivity contribution in [3.05, 3.63) is 34.5 Å². The highest BCUT2D eigenvalue weighted by Crippen LogP contribution is 2.48. The second-order valence-electron chi connectivity index (χ2n) is 3.74. The maximum atomic E-state index is 11.9. The van der Waals surface area contributed by atoms with E-state index in [1.807, 2.05) is 24.6 Å². The van der Waals surface area contributed by atoms with Gasteiger partial charge in [0.25, 0.3) is 0 Å². The third-order valence-electron chi connectivity index (χ3n) is 2.73. The molecule has 0 radical (unpaired) electrons. The molecule has 1 aliphatic carbocycles. The highest BCUT2D eigenvalue weighted by Gasteiger charge is 2.44. The van der Waals surface area contributed by atoms with Gasteiger partial charge in [-0.25, -0.2) is 0 Å². The van der Waals surface area contributed by atoms with Crippen molar-refractivity contribution >= 4 is 29.3 Å². The molecular formula is C12H14O2S2. The van der Waals surface area contributed by atoms with Crippen LogP contribution in [-0.4, -0.2) is 18.3 Å². The maximum absolute atomic E-state index is 11.9. The summed E-state index contributed by atoms with van der Waals surface area (Å²) in [5.74, 6) is 1.63. The van der Waals surface area contributed by atoms with Gasteiger partial charge in [0, 0.05) is 22.1 Å². The molecule has 1 aromatic heterocycles. The van der Waals surface area contributed by atoms with E-state index < -0.39 is 0 Å². The van der Waals surface area contributed by atoms with Crippen molar-refractivity contribution in [2.45, 2.75) is 12.3 Å². The molecule has 0 aliphatic heterocycles. The molecule has 0 N–H and O–H groups in total. The Hall–Kier alpha value is -0.610. The summed E-state index contributed by atoms with van der Waals surface area (Å²) in [5, 5.41) is 0. The fraction of sp³-hybridized carbons (Fsp3) is 0.417. The van der Waals surface area contributed by atoms with Gasteiger partial charge in [0.1, 0.15) is 5.76 Å². The van der Waals surface area contributed by atoms with Crippen molar-refractivity contribution in [3.63, 3.8) is 0 Å². The van der Waals surface area contributed by atoms with E-state index in [0.717, 1.165) is 16.4 Å². The van der Waals surface area contributed by atoms with E-state index in [9.17, 15) is 4.79 Å². The van der Waals surface area contributed by atoms with Gasteiger partial charge in [-0.2, -0.15) is 0 Å². The minimum absolute atomic E-state index is 0.139. The van der Waals surface area contributed by atoms with Gasteiger partial charge in [-0.1, -0.05) is 0 Å². The fourth-order valence-corrected chi connectivity index (χ4v) is 2.89. The molecule has 1 aromatic rings. The van der Waals surface area contributed by atoms with Crippen molar-refractivity contribution in [2.24, 2.45) is 5.92 Å². The van der Waals surface area contributed by atoms with E-state index in [-0.39, 0.29) is 11.7 Å². The summed E-state index contributed by atoms with van der Waals surface area (Å²) in [5.41, 5.74) is 0. The Morgan fingerprint density at radius 2 is 2.25 bits per heavy atom. The fourth-order valence-electron chi connectivity index (χ4n) is 1.75. The van der Waals surface area contributed by atoms with E-state index in [1.54, 1.807) is 35.9 Å². The van der Waals surface area contributed by atoms with E-state index in [2.05, 4.69) is 0 Å². The van der Waals surface area contributed by atoms with E-state index in [0.29, 0.717) is 5.92 Å². The summed E-state index contributed by atoms with van der Waals surface area (Å²) in [4.78, 5) is 11.9. The van der Waals surface area contributed by atoms with E-state index in [4.69, 9.17) is 4.42 Å². The van der Waals surface area contributed by atoms with Crippen LogP contribution in [0.1, 0.15) is 18.1 Å². The molecule has 2 nitrogen and oxygen atoms in total. The van der Waals surface area contributed by atoms with E-state index in [1.165, 1.54) is 0 Å². The Labute approximate surface area is 104 Å². The molecule has 1 fully saturated rings. The number of thioether (sulfide) groups is 2. The monoisotopic (exact) mass is 254 g/mol. The Bertz CT molecular complexity index is 389. The molecule has 0 saturated heterocycles. The lowest BCUT2D eigenvalue weighted by molar-refractivity contribution is -0.115. The molecule has 2 rings (SSSR count). The molecule has 4 heteroatoms. The quantitative estimate of drug-likeness (QED) is 0.752. The molecule has 86 valence electrons. The summed E-state index contributed by atoms with van der Waals surface area (Å²) in [6.07, 6.45) is 8.35. The van der Waals surface area contributed by atoms with Crippen LogP contribution in [0, 0.1) is 5.92 Å². The van der Waals surface area contributed by atoms with Crippen LogP contribution in [0.4, 0.5) is 0 Å². The number of allylic oxidation sites excluding steroid dienone is 1. The van der Waals surface area contributed by atoms with E-state index >= 15 is 0 Å². The topological polar surface area (TPSA) is 30.2 Å². The van der Waals surface area contributed by atoms with Crippen molar-refractivity contribution in [2.75, 3.05) is 12.5 Å². The van der Waals surface area contributed by atoms with Gasteiger partial charge in [-0.15, -0.1) is 23.5 Å². The van der Waals surface area contributed by atoms with Crippen LogP contribution in [0.2, 0.25) is 0 Å². The lowest BCUT2D eigenvalue weighted by atomic mass is 10.2. The van der Waals surface area contributed by atoms with Crippen LogP contribution in [0.5, 0.6) is 0 Å². The minimum Gasteiger partial charge on any atom is -0.469 e. The molecule has 1 saturated carbocycles. The van der Waals surface area contributed by atoms with Crippen molar-refractivity contribution in [1.29, 1.82) is 0 Å². The van der Waals surface area contributed by atoms with Crippen LogP contribution in [0.3, 0.4) is 0 Å². The first-order valence-electron chi connectivity index (χ1n) is 5.13. The van der Waals surface area contributed by atoms with Crippen molar-refractivity contribution < 1.29 is 9.21 Å². The number of ketones is 1. The number of carbonyl (C=O) groups is 1. The Morgan fingerprint density at radius 1 is 1.50 bits per heavy atom. The third-order valence-corrected chi connectivity index (χ3v) is 4.77. The Balaban J connectivity index is 1.97.